The molecular weight excluding hydrogens is 357 g/mol. The Morgan fingerprint density at radius 1 is 1.26 bits per heavy atom. The summed E-state index contributed by atoms with van der Waals surface area (Å²) in [6.07, 6.45) is -0.374. The second-order valence-corrected chi connectivity index (χ2v) is 6.90. The third kappa shape index (κ3) is 4.37. The fourth-order valence-electron chi connectivity index (χ4n) is 3.32. The molecule has 8 heteroatoms. The average Bonchev–Trinajstić information content (AvgIpc) is 2.63. The Hall–Kier alpha value is -2.22. The van der Waals surface area contributed by atoms with Gasteiger partial charge in [0.2, 0.25) is 0 Å². The summed E-state index contributed by atoms with van der Waals surface area (Å²) >= 11 is 0. The van der Waals surface area contributed by atoms with E-state index in [2.05, 4.69) is 21.8 Å². The minimum absolute atomic E-state index is 0.112. The molecule has 2 aromatic rings. The molecule has 3 heterocycles. The lowest BCUT2D eigenvalue weighted by Gasteiger charge is -2.28. The van der Waals surface area contributed by atoms with Crippen LogP contribution in [0, 0.1) is 6.92 Å². The van der Waals surface area contributed by atoms with Gasteiger partial charge in [-0.2, -0.15) is 13.2 Å². The third-order valence-corrected chi connectivity index (χ3v) is 4.87. The maximum absolute atomic E-state index is 13.0. The van der Waals surface area contributed by atoms with Crippen LogP contribution in [0.15, 0.2) is 23.1 Å². The van der Waals surface area contributed by atoms with Gasteiger partial charge in [-0.3, -0.25) is 19.2 Å². The molecule has 0 amide bonds. The first kappa shape index (κ1) is 19.5. The number of nitrogens with zero attached hydrogens (tertiary/aromatic N) is 4. The standard InChI is InChI=1S/C19H23F3N4O/c1-3-4-8-25-9-7-16-15(12-25)18(27)26(13(2)24-16)11-14-5-6-17(23-10-14)19(20,21)22/h5-6,10H,3-4,7-9,11-12H2,1-2H3. The second kappa shape index (κ2) is 7.80. The molecule has 3 rings (SSSR count). The molecule has 0 saturated heterocycles. The molecule has 1 aliphatic rings. The van der Waals surface area contributed by atoms with Crippen molar-refractivity contribution in [3.05, 3.63) is 57.0 Å². The Morgan fingerprint density at radius 3 is 2.67 bits per heavy atom. The van der Waals surface area contributed by atoms with Gasteiger partial charge in [0, 0.05) is 25.7 Å². The molecule has 0 N–H and O–H groups in total. The van der Waals surface area contributed by atoms with Crippen molar-refractivity contribution >= 4 is 0 Å². The van der Waals surface area contributed by atoms with E-state index in [4.69, 9.17) is 0 Å². The van der Waals surface area contributed by atoms with E-state index >= 15 is 0 Å². The maximum atomic E-state index is 13.0. The van der Waals surface area contributed by atoms with Gasteiger partial charge in [0.05, 0.1) is 17.8 Å². The highest BCUT2D eigenvalue weighted by Crippen LogP contribution is 2.27. The van der Waals surface area contributed by atoms with Gasteiger partial charge in [-0.05, 0) is 31.5 Å². The predicted molar refractivity (Wildman–Crippen MR) is 95.5 cm³/mol. The zero-order chi connectivity index (χ0) is 19.6. The summed E-state index contributed by atoms with van der Waals surface area (Å²) in [6.45, 7) is 6.46. The fourth-order valence-corrected chi connectivity index (χ4v) is 3.32. The van der Waals surface area contributed by atoms with E-state index in [0.29, 0.717) is 23.5 Å². The normalized spacial score (nSPS) is 15.0. The van der Waals surface area contributed by atoms with E-state index in [0.717, 1.165) is 44.1 Å². The fraction of sp³-hybridized carbons (Fsp3) is 0.526. The van der Waals surface area contributed by atoms with Crippen LogP contribution in [0.1, 0.15) is 48.1 Å². The largest absolute Gasteiger partial charge is 0.433 e. The molecule has 146 valence electrons. The number of halogens is 3. The summed E-state index contributed by atoms with van der Waals surface area (Å²) in [7, 11) is 0. The summed E-state index contributed by atoms with van der Waals surface area (Å²) in [5.41, 5.74) is 1.02. The lowest BCUT2D eigenvalue weighted by Crippen LogP contribution is -2.39. The molecule has 0 fully saturated rings. The topological polar surface area (TPSA) is 51.0 Å². The molecular formula is C19H23F3N4O. The van der Waals surface area contributed by atoms with Gasteiger partial charge in [0.15, 0.2) is 0 Å². The van der Waals surface area contributed by atoms with Gasteiger partial charge in [0.25, 0.3) is 5.56 Å². The van der Waals surface area contributed by atoms with Gasteiger partial charge in [-0.15, -0.1) is 0 Å². The van der Waals surface area contributed by atoms with E-state index in [-0.39, 0.29) is 12.1 Å². The number of hydrogen-bond acceptors (Lipinski definition) is 4. The molecule has 0 spiro atoms. The van der Waals surface area contributed by atoms with Crippen molar-refractivity contribution in [3.8, 4) is 0 Å². The monoisotopic (exact) mass is 380 g/mol. The number of rotatable bonds is 5. The molecule has 5 nitrogen and oxygen atoms in total. The van der Waals surface area contributed by atoms with E-state index in [1.54, 1.807) is 6.92 Å². The number of aryl methyl sites for hydroxylation is 1. The van der Waals surface area contributed by atoms with Crippen LogP contribution in [0.3, 0.4) is 0 Å². The molecule has 0 aromatic carbocycles. The van der Waals surface area contributed by atoms with Gasteiger partial charge in [-0.1, -0.05) is 19.4 Å². The number of aromatic nitrogens is 3. The Morgan fingerprint density at radius 2 is 2.04 bits per heavy atom. The van der Waals surface area contributed by atoms with Crippen LogP contribution in [-0.4, -0.2) is 32.5 Å². The van der Waals surface area contributed by atoms with Crippen molar-refractivity contribution in [2.24, 2.45) is 0 Å². The predicted octanol–water partition coefficient (Wildman–Crippen LogP) is 3.17. The Kier molecular flexibility index (Phi) is 5.64. The lowest BCUT2D eigenvalue weighted by atomic mass is 10.1. The van der Waals surface area contributed by atoms with Crippen LogP contribution in [-0.2, 0) is 25.7 Å². The molecule has 0 unspecified atom stereocenters. The van der Waals surface area contributed by atoms with E-state index < -0.39 is 11.9 Å². The Labute approximate surface area is 155 Å². The third-order valence-electron chi connectivity index (χ3n) is 4.87. The first-order valence-electron chi connectivity index (χ1n) is 9.13. The number of fused-ring (bicyclic) bond motifs is 1. The molecule has 27 heavy (non-hydrogen) atoms. The second-order valence-electron chi connectivity index (χ2n) is 6.90. The van der Waals surface area contributed by atoms with Crippen molar-refractivity contribution in [3.63, 3.8) is 0 Å². The molecule has 0 atom stereocenters. The number of hydrogen-bond donors (Lipinski definition) is 0. The summed E-state index contributed by atoms with van der Waals surface area (Å²) in [5, 5.41) is 0. The Balaban J connectivity index is 1.85. The van der Waals surface area contributed by atoms with Crippen LogP contribution in [0.5, 0.6) is 0 Å². The van der Waals surface area contributed by atoms with Gasteiger partial charge in [-0.25, -0.2) is 4.98 Å². The zero-order valence-electron chi connectivity index (χ0n) is 15.5. The lowest BCUT2D eigenvalue weighted by molar-refractivity contribution is -0.141. The summed E-state index contributed by atoms with van der Waals surface area (Å²) in [6, 6.07) is 2.29. The first-order valence-corrected chi connectivity index (χ1v) is 9.13. The minimum atomic E-state index is -4.47. The number of pyridine rings is 1. The smallest absolute Gasteiger partial charge is 0.298 e. The maximum Gasteiger partial charge on any atom is 0.433 e. The SMILES string of the molecule is CCCCN1CCc2nc(C)n(Cc3ccc(C(F)(F)F)nc3)c(=O)c2C1. The minimum Gasteiger partial charge on any atom is -0.298 e. The van der Waals surface area contributed by atoms with Crippen molar-refractivity contribution in [2.75, 3.05) is 13.1 Å². The highest BCUT2D eigenvalue weighted by molar-refractivity contribution is 5.23. The van der Waals surface area contributed by atoms with Gasteiger partial charge in [0.1, 0.15) is 11.5 Å². The van der Waals surface area contributed by atoms with E-state index in [9.17, 15) is 18.0 Å². The Bertz CT molecular complexity index is 859. The van der Waals surface area contributed by atoms with Crippen molar-refractivity contribution in [2.45, 2.75) is 52.4 Å². The van der Waals surface area contributed by atoms with Crippen LogP contribution in [0.4, 0.5) is 13.2 Å². The molecule has 0 aliphatic carbocycles. The zero-order valence-corrected chi connectivity index (χ0v) is 15.5. The van der Waals surface area contributed by atoms with Crippen molar-refractivity contribution < 1.29 is 13.2 Å². The number of alkyl halides is 3. The molecule has 2 aromatic heterocycles. The molecule has 0 saturated carbocycles. The summed E-state index contributed by atoms with van der Waals surface area (Å²) in [4.78, 5) is 23.3. The van der Waals surface area contributed by atoms with Crippen LogP contribution in [0.2, 0.25) is 0 Å². The highest BCUT2D eigenvalue weighted by atomic mass is 19.4. The van der Waals surface area contributed by atoms with E-state index in [1.807, 2.05) is 0 Å². The molecule has 0 bridgehead atoms. The van der Waals surface area contributed by atoms with Crippen LogP contribution >= 0.6 is 0 Å². The molecule has 1 aliphatic heterocycles. The van der Waals surface area contributed by atoms with E-state index in [1.165, 1.54) is 16.8 Å². The van der Waals surface area contributed by atoms with Crippen LogP contribution in [0.25, 0.3) is 0 Å². The molecule has 0 radical (unpaired) electrons. The first-order chi connectivity index (χ1) is 12.8. The summed E-state index contributed by atoms with van der Waals surface area (Å²) in [5.74, 6) is 0.570. The van der Waals surface area contributed by atoms with Crippen molar-refractivity contribution in [1.82, 2.24) is 19.4 Å². The number of unbranched alkanes of at least 4 members (excludes halogenated alkanes) is 1. The average molecular weight is 380 g/mol. The highest BCUT2D eigenvalue weighted by Gasteiger charge is 2.32. The summed E-state index contributed by atoms with van der Waals surface area (Å²) < 4.78 is 39.5. The van der Waals surface area contributed by atoms with Gasteiger partial charge >= 0.3 is 6.18 Å². The quantitative estimate of drug-likeness (QED) is 0.800. The van der Waals surface area contributed by atoms with Crippen LogP contribution < -0.4 is 5.56 Å². The van der Waals surface area contributed by atoms with Gasteiger partial charge < -0.3 is 0 Å². The van der Waals surface area contributed by atoms with Crippen molar-refractivity contribution in [1.29, 1.82) is 0 Å².